The van der Waals surface area contributed by atoms with E-state index in [1.807, 2.05) is 30.3 Å². The zero-order chi connectivity index (χ0) is 22.6. The number of urea groups is 1. The smallest absolute Gasteiger partial charge is 0.327 e. The number of amides is 4. The van der Waals surface area contributed by atoms with Crippen molar-refractivity contribution in [1.29, 1.82) is 0 Å². The molecule has 0 bridgehead atoms. The van der Waals surface area contributed by atoms with E-state index in [0.29, 0.717) is 38.2 Å². The van der Waals surface area contributed by atoms with Crippen molar-refractivity contribution in [3.05, 3.63) is 53.6 Å². The first-order valence-electron chi connectivity index (χ1n) is 9.86. The summed E-state index contributed by atoms with van der Waals surface area (Å²) in [4.78, 5) is 58.5. The van der Waals surface area contributed by atoms with Crippen LogP contribution >= 0.6 is 0 Å². The molecule has 0 radical (unpaired) electrons. The zero-order valence-corrected chi connectivity index (χ0v) is 17.4. The molecule has 0 unspecified atom stereocenters. The number of nitrogens with zero attached hydrogens (tertiary/aromatic N) is 4. The van der Waals surface area contributed by atoms with Crippen LogP contribution in [0.1, 0.15) is 34.6 Å². The van der Waals surface area contributed by atoms with Crippen molar-refractivity contribution in [3.8, 4) is 0 Å². The molecular weight excluding hydrogens is 402 g/mol. The molecule has 1 spiro atoms. The first-order valence-corrected chi connectivity index (χ1v) is 9.86. The van der Waals surface area contributed by atoms with Crippen LogP contribution in [0.2, 0.25) is 0 Å². The number of H-pyrrole nitrogens is 1. The second-order valence-corrected chi connectivity index (χ2v) is 7.52. The Hall–Kier alpha value is -3.69. The molecule has 2 saturated heterocycles. The summed E-state index contributed by atoms with van der Waals surface area (Å²) in [5.41, 5.74) is 1.22. The molecule has 164 valence electrons. The number of aryl methyl sites for hydroxylation is 1. The number of likely N-dealkylation sites (N-methyl/N-ethyl adjacent to an activating group) is 1. The van der Waals surface area contributed by atoms with E-state index in [-0.39, 0.29) is 24.3 Å². The highest BCUT2D eigenvalue weighted by molar-refractivity contribution is 6.07. The van der Waals surface area contributed by atoms with E-state index in [2.05, 4.69) is 9.97 Å². The minimum Gasteiger partial charge on any atom is -0.483 e. The van der Waals surface area contributed by atoms with E-state index in [4.69, 9.17) is 9.90 Å². The summed E-state index contributed by atoms with van der Waals surface area (Å²) < 4.78 is 0. The highest BCUT2D eigenvalue weighted by atomic mass is 16.3. The van der Waals surface area contributed by atoms with E-state index in [1.165, 1.54) is 18.3 Å². The van der Waals surface area contributed by atoms with Crippen LogP contribution < -0.4 is 0 Å². The number of carbonyl (C=O) groups is 4. The molecule has 4 amide bonds. The molecule has 2 aliphatic rings. The average Bonchev–Trinajstić information content (AvgIpc) is 3.28. The monoisotopic (exact) mass is 427 g/mol. The number of hydrogen-bond donors (Lipinski definition) is 2. The average molecular weight is 427 g/mol. The maximum Gasteiger partial charge on any atom is 0.327 e. The lowest BCUT2D eigenvalue weighted by molar-refractivity contribution is -0.134. The van der Waals surface area contributed by atoms with Gasteiger partial charge in [0.2, 0.25) is 0 Å². The summed E-state index contributed by atoms with van der Waals surface area (Å²) in [5, 5.41) is 6.89. The van der Waals surface area contributed by atoms with Crippen LogP contribution in [-0.2, 0) is 16.1 Å². The van der Waals surface area contributed by atoms with Gasteiger partial charge in [-0.1, -0.05) is 30.3 Å². The minimum atomic E-state index is -0.890. The molecule has 1 aromatic carbocycles. The minimum absolute atomic E-state index is 0.145. The largest absolute Gasteiger partial charge is 0.483 e. The van der Waals surface area contributed by atoms with Crippen molar-refractivity contribution in [2.75, 3.05) is 20.1 Å². The molecule has 2 aliphatic heterocycles. The highest BCUT2D eigenvalue weighted by Gasteiger charge is 2.57. The van der Waals surface area contributed by atoms with Gasteiger partial charge in [-0.25, -0.2) is 9.78 Å². The van der Waals surface area contributed by atoms with Gasteiger partial charge in [0.15, 0.2) is 0 Å². The number of nitrogens with one attached hydrogen (secondary N) is 1. The lowest BCUT2D eigenvalue weighted by Crippen LogP contribution is -2.57. The number of hydrogen-bond acceptors (Lipinski definition) is 5. The molecule has 0 saturated carbocycles. The van der Waals surface area contributed by atoms with Gasteiger partial charge in [0.05, 0.1) is 6.33 Å². The summed E-state index contributed by atoms with van der Waals surface area (Å²) in [7, 11) is 1.53. The molecule has 10 heteroatoms. The fourth-order valence-corrected chi connectivity index (χ4v) is 4.15. The summed E-state index contributed by atoms with van der Waals surface area (Å²) in [6.07, 6.45) is 2.34. The van der Waals surface area contributed by atoms with Crippen LogP contribution in [-0.4, -0.2) is 79.8 Å². The summed E-state index contributed by atoms with van der Waals surface area (Å²) in [6.45, 7) is 2.75. The van der Waals surface area contributed by atoms with Gasteiger partial charge in [0.1, 0.15) is 11.2 Å². The van der Waals surface area contributed by atoms with Crippen LogP contribution in [0.15, 0.2) is 36.7 Å². The van der Waals surface area contributed by atoms with Gasteiger partial charge >= 0.3 is 6.03 Å². The van der Waals surface area contributed by atoms with E-state index < -0.39 is 5.54 Å². The first kappa shape index (κ1) is 22.0. The molecule has 10 nitrogen and oxygen atoms in total. The Morgan fingerprint density at radius 1 is 1.23 bits per heavy atom. The Balaban J connectivity index is 0.000000858. The highest BCUT2D eigenvalue weighted by Crippen LogP contribution is 2.38. The van der Waals surface area contributed by atoms with Crippen molar-refractivity contribution in [1.82, 2.24) is 24.7 Å². The lowest BCUT2D eigenvalue weighted by atomic mass is 9.85. The molecule has 4 rings (SSSR count). The SMILES string of the molecule is Cc1[nH]cnc1C(=O)N1CCC2(CC1)C(=O)N(C)C(=O)N2Cc1ccccc1.O=CO. The van der Waals surface area contributed by atoms with Crippen LogP contribution in [0.5, 0.6) is 0 Å². The molecule has 2 fully saturated rings. The molecule has 0 aliphatic carbocycles. The number of benzene rings is 1. The third kappa shape index (κ3) is 4.00. The predicted molar refractivity (Wildman–Crippen MR) is 110 cm³/mol. The van der Waals surface area contributed by atoms with Crippen LogP contribution in [0, 0.1) is 6.92 Å². The summed E-state index contributed by atoms with van der Waals surface area (Å²) in [6, 6.07) is 9.37. The number of likely N-dealkylation sites (tertiary alicyclic amines) is 1. The Morgan fingerprint density at radius 2 is 1.84 bits per heavy atom. The van der Waals surface area contributed by atoms with E-state index >= 15 is 0 Å². The van der Waals surface area contributed by atoms with Gasteiger partial charge in [0, 0.05) is 32.4 Å². The number of imidazole rings is 1. The second kappa shape index (κ2) is 8.99. The van der Waals surface area contributed by atoms with Crippen molar-refractivity contribution < 1.29 is 24.3 Å². The standard InChI is InChI=1S/C20H23N5O3.CH2O2/c1-14-16(22-13-21-14)17(26)24-10-8-20(9-11-24)18(27)23(2)19(28)25(20)12-15-6-4-3-5-7-15;2-1-3/h3-7,13H,8-12H2,1-2H3,(H,21,22);1H,(H,2,3). The molecule has 31 heavy (non-hydrogen) atoms. The summed E-state index contributed by atoms with van der Waals surface area (Å²) in [5.74, 6) is -0.329. The quantitative estimate of drug-likeness (QED) is 0.564. The lowest BCUT2D eigenvalue weighted by Gasteiger charge is -2.42. The van der Waals surface area contributed by atoms with E-state index in [1.54, 1.807) is 16.7 Å². The molecule has 2 N–H and O–H groups in total. The third-order valence-corrected chi connectivity index (χ3v) is 5.83. The van der Waals surface area contributed by atoms with Gasteiger partial charge in [0.25, 0.3) is 18.3 Å². The van der Waals surface area contributed by atoms with Crippen molar-refractivity contribution >= 4 is 24.3 Å². The maximum atomic E-state index is 13.0. The molecule has 0 atom stereocenters. The van der Waals surface area contributed by atoms with Crippen molar-refractivity contribution in [2.45, 2.75) is 31.8 Å². The van der Waals surface area contributed by atoms with Crippen LogP contribution in [0.3, 0.4) is 0 Å². The van der Waals surface area contributed by atoms with Crippen molar-refractivity contribution in [3.63, 3.8) is 0 Å². The Labute approximate surface area is 179 Å². The number of piperidine rings is 1. The number of aromatic nitrogens is 2. The fraction of sp³-hybridized carbons (Fsp3) is 0.381. The van der Waals surface area contributed by atoms with E-state index in [0.717, 1.165) is 11.3 Å². The third-order valence-electron chi connectivity index (χ3n) is 5.83. The number of imide groups is 1. The second-order valence-electron chi connectivity index (χ2n) is 7.52. The number of carbonyl (C=O) groups excluding carboxylic acids is 3. The van der Waals surface area contributed by atoms with Gasteiger partial charge in [-0.15, -0.1) is 0 Å². The van der Waals surface area contributed by atoms with Crippen LogP contribution in [0.25, 0.3) is 0 Å². The zero-order valence-electron chi connectivity index (χ0n) is 17.4. The number of carboxylic acid groups (broad SMARTS) is 1. The maximum absolute atomic E-state index is 13.0. The first-order chi connectivity index (χ1) is 14.9. The molecule has 2 aromatic rings. The Morgan fingerprint density at radius 3 is 2.39 bits per heavy atom. The molecule has 1 aromatic heterocycles. The van der Waals surface area contributed by atoms with Gasteiger partial charge in [-0.2, -0.15) is 0 Å². The normalized spacial score (nSPS) is 17.5. The predicted octanol–water partition coefficient (Wildman–Crippen LogP) is 1.49. The Bertz CT molecular complexity index is 966. The molecule has 3 heterocycles. The molecular formula is C21H25N5O5. The van der Waals surface area contributed by atoms with Gasteiger partial charge in [-0.05, 0) is 25.3 Å². The van der Waals surface area contributed by atoms with E-state index in [9.17, 15) is 14.4 Å². The number of rotatable bonds is 3. The fourth-order valence-electron chi connectivity index (χ4n) is 4.15. The van der Waals surface area contributed by atoms with Crippen molar-refractivity contribution in [2.24, 2.45) is 0 Å². The van der Waals surface area contributed by atoms with Gasteiger partial charge < -0.3 is 19.9 Å². The topological polar surface area (TPSA) is 127 Å². The number of aromatic amines is 1. The Kier molecular flexibility index (Phi) is 6.38. The summed E-state index contributed by atoms with van der Waals surface area (Å²) >= 11 is 0. The van der Waals surface area contributed by atoms with Crippen LogP contribution in [0.4, 0.5) is 4.79 Å². The van der Waals surface area contributed by atoms with Gasteiger partial charge in [-0.3, -0.25) is 19.3 Å².